The van der Waals surface area contributed by atoms with Gasteiger partial charge in [0.1, 0.15) is 5.75 Å². The third-order valence-corrected chi connectivity index (χ3v) is 2.57. The van der Waals surface area contributed by atoms with Crippen LogP contribution >= 0.6 is 0 Å². The molecule has 2 N–H and O–H groups in total. The fourth-order valence-electron chi connectivity index (χ4n) is 1.49. The quantitative estimate of drug-likeness (QED) is 0.770. The number of ether oxygens (including phenoxy) is 2. The van der Waals surface area contributed by atoms with E-state index in [0.717, 1.165) is 5.56 Å². The highest BCUT2D eigenvalue weighted by atomic mass is 16.5. The van der Waals surface area contributed by atoms with Gasteiger partial charge in [-0.2, -0.15) is 0 Å². The van der Waals surface area contributed by atoms with Gasteiger partial charge in [0.25, 0.3) is 5.91 Å². The predicted octanol–water partition coefficient (Wildman–Crippen LogP) is 0.886. The second kappa shape index (κ2) is 7.76. The Morgan fingerprint density at radius 1 is 1.37 bits per heavy atom. The molecule has 1 rings (SSSR count). The lowest BCUT2D eigenvalue weighted by molar-refractivity contribution is -0.127. The summed E-state index contributed by atoms with van der Waals surface area (Å²) in [5.41, 5.74) is 1.13. The lowest BCUT2D eigenvalue weighted by Crippen LogP contribution is -2.41. The van der Waals surface area contributed by atoms with E-state index < -0.39 is 12.2 Å². The van der Waals surface area contributed by atoms with Gasteiger partial charge in [-0.25, -0.2) is 0 Å². The molecule has 2 unspecified atom stereocenters. The van der Waals surface area contributed by atoms with Crippen LogP contribution in [0.3, 0.4) is 0 Å². The van der Waals surface area contributed by atoms with E-state index in [0.29, 0.717) is 5.75 Å². The van der Waals surface area contributed by atoms with Gasteiger partial charge < -0.3 is 19.9 Å². The minimum atomic E-state index is -0.708. The average Bonchev–Trinajstić information content (AvgIpc) is 2.39. The van der Waals surface area contributed by atoms with Crippen molar-refractivity contribution in [1.82, 2.24) is 5.32 Å². The summed E-state index contributed by atoms with van der Waals surface area (Å²) in [7, 11) is 1.49. The molecule has 106 valence electrons. The first-order valence-corrected chi connectivity index (χ1v) is 6.21. The number of benzene rings is 1. The van der Waals surface area contributed by atoms with E-state index in [1.54, 1.807) is 6.92 Å². The zero-order chi connectivity index (χ0) is 14.3. The first-order chi connectivity index (χ1) is 9.02. The maximum Gasteiger partial charge on any atom is 0.260 e. The predicted molar refractivity (Wildman–Crippen MR) is 72.2 cm³/mol. The van der Waals surface area contributed by atoms with E-state index >= 15 is 0 Å². The van der Waals surface area contributed by atoms with Crippen molar-refractivity contribution >= 4 is 5.91 Å². The van der Waals surface area contributed by atoms with E-state index in [9.17, 15) is 9.90 Å². The molecule has 2 atom stereocenters. The number of hydrogen-bond donors (Lipinski definition) is 2. The average molecular weight is 267 g/mol. The van der Waals surface area contributed by atoms with Crippen LogP contribution in [0.4, 0.5) is 0 Å². The Kier molecular flexibility index (Phi) is 6.32. The van der Waals surface area contributed by atoms with E-state index in [1.807, 2.05) is 31.2 Å². The van der Waals surface area contributed by atoms with Crippen molar-refractivity contribution in [2.45, 2.75) is 26.1 Å². The maximum atomic E-state index is 11.7. The minimum absolute atomic E-state index is 0.147. The standard InChI is InChI=1S/C14H21NO4/c1-10-4-6-13(7-5-10)19-11(2)14(17)15-8-12(16)9-18-3/h4-7,11-12,16H,8-9H2,1-3H3,(H,15,17). The molecule has 0 aromatic heterocycles. The topological polar surface area (TPSA) is 67.8 Å². The lowest BCUT2D eigenvalue weighted by Gasteiger charge is -2.16. The van der Waals surface area contributed by atoms with Crippen LogP contribution in [0.2, 0.25) is 0 Å². The first-order valence-electron chi connectivity index (χ1n) is 6.21. The zero-order valence-electron chi connectivity index (χ0n) is 11.6. The van der Waals surface area contributed by atoms with Crippen LogP contribution in [-0.2, 0) is 9.53 Å². The number of amides is 1. The van der Waals surface area contributed by atoms with E-state index in [2.05, 4.69) is 5.32 Å². The summed E-state index contributed by atoms with van der Waals surface area (Å²) in [6.07, 6.45) is -1.32. The summed E-state index contributed by atoms with van der Waals surface area (Å²) < 4.78 is 10.3. The zero-order valence-corrected chi connectivity index (χ0v) is 11.6. The Hall–Kier alpha value is -1.59. The Bertz CT molecular complexity index is 391. The van der Waals surface area contributed by atoms with Gasteiger partial charge in [-0.05, 0) is 26.0 Å². The number of hydrogen-bond acceptors (Lipinski definition) is 4. The van der Waals surface area contributed by atoms with Crippen LogP contribution in [0.25, 0.3) is 0 Å². The van der Waals surface area contributed by atoms with Gasteiger partial charge in [-0.1, -0.05) is 17.7 Å². The maximum absolute atomic E-state index is 11.7. The monoisotopic (exact) mass is 267 g/mol. The number of nitrogens with one attached hydrogen (secondary N) is 1. The highest BCUT2D eigenvalue weighted by Crippen LogP contribution is 2.13. The number of rotatable bonds is 7. The Morgan fingerprint density at radius 3 is 2.58 bits per heavy atom. The highest BCUT2D eigenvalue weighted by molar-refractivity contribution is 5.80. The molecule has 0 aliphatic carbocycles. The number of aryl methyl sites for hydroxylation is 1. The van der Waals surface area contributed by atoms with Crippen LogP contribution in [0, 0.1) is 6.92 Å². The van der Waals surface area contributed by atoms with Gasteiger partial charge in [-0.15, -0.1) is 0 Å². The van der Waals surface area contributed by atoms with E-state index in [4.69, 9.17) is 9.47 Å². The number of aliphatic hydroxyl groups is 1. The molecule has 0 saturated carbocycles. The van der Waals surface area contributed by atoms with Crippen molar-refractivity contribution < 1.29 is 19.4 Å². The molecule has 0 radical (unpaired) electrons. The lowest BCUT2D eigenvalue weighted by atomic mass is 10.2. The number of aliphatic hydroxyl groups excluding tert-OH is 1. The van der Waals surface area contributed by atoms with Crippen LogP contribution in [-0.4, -0.2) is 43.5 Å². The van der Waals surface area contributed by atoms with Crippen molar-refractivity contribution in [1.29, 1.82) is 0 Å². The van der Waals surface area contributed by atoms with E-state index in [1.165, 1.54) is 7.11 Å². The fourth-order valence-corrected chi connectivity index (χ4v) is 1.49. The highest BCUT2D eigenvalue weighted by Gasteiger charge is 2.15. The van der Waals surface area contributed by atoms with Crippen molar-refractivity contribution in [3.63, 3.8) is 0 Å². The molecule has 0 heterocycles. The number of methoxy groups -OCH3 is 1. The molecule has 5 nitrogen and oxygen atoms in total. The van der Waals surface area contributed by atoms with Crippen LogP contribution in [0.5, 0.6) is 5.75 Å². The molecule has 0 bridgehead atoms. The SMILES string of the molecule is COCC(O)CNC(=O)C(C)Oc1ccc(C)cc1. The molecule has 1 aromatic rings. The largest absolute Gasteiger partial charge is 0.481 e. The summed E-state index contributed by atoms with van der Waals surface area (Å²) in [6, 6.07) is 7.47. The van der Waals surface area contributed by atoms with Crippen molar-refractivity contribution in [2.75, 3.05) is 20.3 Å². The Morgan fingerprint density at radius 2 is 2.00 bits per heavy atom. The first kappa shape index (κ1) is 15.5. The summed E-state index contributed by atoms with van der Waals surface area (Å²) >= 11 is 0. The molecular weight excluding hydrogens is 246 g/mol. The van der Waals surface area contributed by atoms with Gasteiger partial charge in [0.15, 0.2) is 6.10 Å². The van der Waals surface area contributed by atoms with Gasteiger partial charge in [-0.3, -0.25) is 4.79 Å². The molecule has 5 heteroatoms. The second-order valence-electron chi connectivity index (χ2n) is 4.43. The number of carbonyl (C=O) groups excluding carboxylic acids is 1. The summed E-state index contributed by atoms with van der Waals surface area (Å²) in [4.78, 5) is 11.7. The molecule has 1 amide bonds. The third-order valence-electron chi connectivity index (χ3n) is 2.57. The van der Waals surface area contributed by atoms with Crippen molar-refractivity contribution in [3.8, 4) is 5.75 Å². The molecule has 0 aliphatic rings. The molecule has 1 aromatic carbocycles. The smallest absolute Gasteiger partial charge is 0.260 e. The summed E-state index contributed by atoms with van der Waals surface area (Å²) in [6.45, 7) is 3.98. The molecule has 0 spiro atoms. The van der Waals surface area contributed by atoms with Crippen LogP contribution in [0.15, 0.2) is 24.3 Å². The normalized spacial score (nSPS) is 13.7. The van der Waals surface area contributed by atoms with Crippen LogP contribution < -0.4 is 10.1 Å². The van der Waals surface area contributed by atoms with Gasteiger partial charge in [0.2, 0.25) is 0 Å². The molecule has 19 heavy (non-hydrogen) atoms. The van der Waals surface area contributed by atoms with E-state index in [-0.39, 0.29) is 19.1 Å². The molecular formula is C14H21NO4. The fraction of sp³-hybridized carbons (Fsp3) is 0.500. The Labute approximate surface area is 113 Å². The third kappa shape index (κ3) is 5.72. The minimum Gasteiger partial charge on any atom is -0.481 e. The summed E-state index contributed by atoms with van der Waals surface area (Å²) in [5, 5.41) is 12.0. The molecule has 0 saturated heterocycles. The number of carbonyl (C=O) groups is 1. The summed E-state index contributed by atoms with van der Waals surface area (Å²) in [5.74, 6) is 0.376. The second-order valence-corrected chi connectivity index (χ2v) is 4.43. The molecule has 0 fully saturated rings. The van der Waals surface area contributed by atoms with Gasteiger partial charge in [0, 0.05) is 13.7 Å². The van der Waals surface area contributed by atoms with Gasteiger partial charge in [0.05, 0.1) is 12.7 Å². The van der Waals surface area contributed by atoms with Crippen molar-refractivity contribution in [2.24, 2.45) is 0 Å². The Balaban J connectivity index is 2.38. The van der Waals surface area contributed by atoms with Crippen LogP contribution in [0.1, 0.15) is 12.5 Å². The van der Waals surface area contributed by atoms with Crippen molar-refractivity contribution in [3.05, 3.63) is 29.8 Å². The molecule has 0 aliphatic heterocycles. The van der Waals surface area contributed by atoms with Gasteiger partial charge >= 0.3 is 0 Å².